The lowest BCUT2D eigenvalue weighted by atomic mass is 10.3. The molecule has 4 heteroatoms. The van der Waals surface area contributed by atoms with Crippen molar-refractivity contribution in [2.24, 2.45) is 0 Å². The molecule has 48 valence electrons. The van der Waals surface area contributed by atoms with E-state index in [1.165, 1.54) is 0 Å². The number of nitrogens with zero attached hydrogens (tertiary/aromatic N) is 3. The monoisotopic (exact) mass is 125 g/mol. The molecule has 1 aromatic rings. The fourth-order valence-electron chi connectivity index (χ4n) is 0.788. The van der Waals surface area contributed by atoms with E-state index in [0.717, 1.165) is 13.2 Å². The summed E-state index contributed by atoms with van der Waals surface area (Å²) in [5.74, 6) is 0. The van der Waals surface area contributed by atoms with E-state index in [1.54, 1.807) is 6.20 Å². The largest absolute Gasteiger partial charge is 0.377 e. The predicted molar refractivity (Wildman–Crippen MR) is 29.9 cm³/mol. The quantitative estimate of drug-likeness (QED) is 0.524. The SMILES string of the molecule is c1cn(C2COC2)nn1. The lowest BCUT2D eigenvalue weighted by Gasteiger charge is -2.25. The molecule has 9 heavy (non-hydrogen) atoms. The summed E-state index contributed by atoms with van der Waals surface area (Å²) < 4.78 is 6.79. The predicted octanol–water partition coefficient (Wildman–Crippen LogP) is -0.151. The summed E-state index contributed by atoms with van der Waals surface area (Å²) in [5, 5.41) is 7.51. The molecule has 0 bridgehead atoms. The minimum Gasteiger partial charge on any atom is -0.377 e. The molecule has 1 aliphatic heterocycles. The lowest BCUT2D eigenvalue weighted by molar-refractivity contribution is -0.0293. The summed E-state index contributed by atoms with van der Waals surface area (Å²) in [6.45, 7) is 1.56. The van der Waals surface area contributed by atoms with E-state index in [-0.39, 0.29) is 0 Å². The molecule has 0 atom stereocenters. The summed E-state index contributed by atoms with van der Waals surface area (Å²) in [6, 6.07) is 0.437. The Morgan fingerprint density at radius 2 is 2.44 bits per heavy atom. The maximum atomic E-state index is 4.97. The molecule has 2 rings (SSSR count). The molecule has 0 aromatic carbocycles. The van der Waals surface area contributed by atoms with Crippen molar-refractivity contribution < 1.29 is 4.74 Å². The van der Waals surface area contributed by atoms with Crippen LogP contribution in [0.2, 0.25) is 0 Å². The van der Waals surface area contributed by atoms with Crippen LogP contribution in [-0.4, -0.2) is 28.2 Å². The maximum absolute atomic E-state index is 4.97. The number of aromatic nitrogens is 3. The first-order chi connectivity index (χ1) is 4.47. The van der Waals surface area contributed by atoms with E-state index in [0.29, 0.717) is 6.04 Å². The summed E-state index contributed by atoms with van der Waals surface area (Å²) in [4.78, 5) is 0. The Bertz CT molecular complexity index is 180. The third kappa shape index (κ3) is 0.712. The van der Waals surface area contributed by atoms with E-state index in [4.69, 9.17) is 4.74 Å². The fourth-order valence-corrected chi connectivity index (χ4v) is 0.788. The van der Waals surface area contributed by atoms with Gasteiger partial charge in [-0.15, -0.1) is 5.10 Å². The first-order valence-corrected chi connectivity index (χ1v) is 2.90. The molecule has 0 radical (unpaired) electrons. The topological polar surface area (TPSA) is 39.9 Å². The van der Waals surface area contributed by atoms with Crippen LogP contribution in [0.25, 0.3) is 0 Å². The molecular formula is C5H7N3O. The summed E-state index contributed by atoms with van der Waals surface area (Å²) in [7, 11) is 0. The van der Waals surface area contributed by atoms with Crippen molar-refractivity contribution in [1.82, 2.24) is 15.0 Å². The minimum absolute atomic E-state index is 0.437. The van der Waals surface area contributed by atoms with Gasteiger partial charge < -0.3 is 4.74 Å². The fraction of sp³-hybridized carbons (Fsp3) is 0.600. The highest BCUT2D eigenvalue weighted by molar-refractivity contribution is 4.75. The zero-order valence-electron chi connectivity index (χ0n) is 4.90. The Hall–Kier alpha value is -0.900. The molecule has 1 saturated heterocycles. The second kappa shape index (κ2) is 1.80. The van der Waals surface area contributed by atoms with E-state index in [9.17, 15) is 0 Å². The van der Waals surface area contributed by atoms with Crippen molar-refractivity contribution in [1.29, 1.82) is 0 Å². The summed E-state index contributed by atoms with van der Waals surface area (Å²) in [5.41, 5.74) is 0. The van der Waals surface area contributed by atoms with Crippen LogP contribution < -0.4 is 0 Å². The molecule has 0 spiro atoms. The van der Waals surface area contributed by atoms with Crippen molar-refractivity contribution >= 4 is 0 Å². The van der Waals surface area contributed by atoms with Crippen LogP contribution in [0.15, 0.2) is 12.4 Å². The third-order valence-corrected chi connectivity index (χ3v) is 1.44. The van der Waals surface area contributed by atoms with E-state index < -0.39 is 0 Å². The number of hydrogen-bond acceptors (Lipinski definition) is 3. The van der Waals surface area contributed by atoms with Crippen LogP contribution in [-0.2, 0) is 4.74 Å². The van der Waals surface area contributed by atoms with Gasteiger partial charge in [0.25, 0.3) is 0 Å². The molecule has 0 aliphatic carbocycles. The maximum Gasteiger partial charge on any atom is 0.100 e. The number of ether oxygens (including phenoxy) is 1. The van der Waals surface area contributed by atoms with Crippen molar-refractivity contribution in [3.05, 3.63) is 12.4 Å². The smallest absolute Gasteiger partial charge is 0.100 e. The van der Waals surface area contributed by atoms with Crippen LogP contribution in [0, 0.1) is 0 Å². The van der Waals surface area contributed by atoms with Gasteiger partial charge in [-0.05, 0) is 0 Å². The van der Waals surface area contributed by atoms with Gasteiger partial charge in [0.15, 0.2) is 0 Å². The van der Waals surface area contributed by atoms with Crippen LogP contribution in [0.3, 0.4) is 0 Å². The summed E-state index contributed by atoms with van der Waals surface area (Å²) in [6.07, 6.45) is 3.53. The second-order valence-electron chi connectivity index (χ2n) is 2.07. The Morgan fingerprint density at radius 1 is 1.56 bits per heavy atom. The van der Waals surface area contributed by atoms with Gasteiger partial charge in [0, 0.05) is 6.20 Å². The number of hydrogen-bond donors (Lipinski definition) is 0. The van der Waals surface area contributed by atoms with Crippen LogP contribution in [0.5, 0.6) is 0 Å². The normalized spacial score (nSPS) is 19.6. The zero-order chi connectivity index (χ0) is 6.10. The molecule has 1 fully saturated rings. The Labute approximate surface area is 52.4 Å². The van der Waals surface area contributed by atoms with Crippen molar-refractivity contribution in [2.45, 2.75) is 6.04 Å². The molecule has 2 heterocycles. The van der Waals surface area contributed by atoms with Crippen molar-refractivity contribution in [3.8, 4) is 0 Å². The van der Waals surface area contributed by atoms with E-state index in [1.807, 2.05) is 10.9 Å². The van der Waals surface area contributed by atoms with Gasteiger partial charge >= 0.3 is 0 Å². The average molecular weight is 125 g/mol. The van der Waals surface area contributed by atoms with Crippen molar-refractivity contribution in [2.75, 3.05) is 13.2 Å². The highest BCUT2D eigenvalue weighted by Gasteiger charge is 2.20. The number of rotatable bonds is 1. The van der Waals surface area contributed by atoms with Gasteiger partial charge in [-0.1, -0.05) is 5.21 Å². The summed E-state index contributed by atoms with van der Waals surface area (Å²) >= 11 is 0. The Morgan fingerprint density at radius 3 is 2.89 bits per heavy atom. The van der Waals surface area contributed by atoms with Gasteiger partial charge in [-0.25, -0.2) is 4.68 Å². The van der Waals surface area contributed by atoms with Crippen LogP contribution >= 0.6 is 0 Å². The van der Waals surface area contributed by atoms with Crippen LogP contribution in [0.1, 0.15) is 6.04 Å². The highest BCUT2D eigenvalue weighted by atomic mass is 16.5. The second-order valence-corrected chi connectivity index (χ2v) is 2.07. The molecule has 4 nitrogen and oxygen atoms in total. The molecule has 0 N–H and O–H groups in total. The third-order valence-electron chi connectivity index (χ3n) is 1.44. The van der Waals surface area contributed by atoms with Crippen LogP contribution in [0.4, 0.5) is 0 Å². The molecule has 1 aliphatic rings. The Balaban J connectivity index is 2.14. The minimum atomic E-state index is 0.437. The average Bonchev–Trinajstić information content (AvgIpc) is 2.11. The van der Waals surface area contributed by atoms with Crippen molar-refractivity contribution in [3.63, 3.8) is 0 Å². The zero-order valence-corrected chi connectivity index (χ0v) is 4.90. The standard InChI is InChI=1S/C5H7N3O/c1-2-8(7-6-1)5-3-9-4-5/h1-2,5H,3-4H2. The van der Waals surface area contributed by atoms with Gasteiger partial charge in [0.2, 0.25) is 0 Å². The lowest BCUT2D eigenvalue weighted by Crippen LogP contribution is -2.30. The molecule has 0 amide bonds. The molecular weight excluding hydrogens is 118 g/mol. The van der Waals surface area contributed by atoms with Gasteiger partial charge in [-0.3, -0.25) is 0 Å². The van der Waals surface area contributed by atoms with Gasteiger partial charge in [-0.2, -0.15) is 0 Å². The van der Waals surface area contributed by atoms with Gasteiger partial charge in [0.05, 0.1) is 19.4 Å². The molecule has 1 aromatic heterocycles. The van der Waals surface area contributed by atoms with E-state index in [2.05, 4.69) is 10.3 Å². The molecule has 0 saturated carbocycles. The highest BCUT2D eigenvalue weighted by Crippen LogP contribution is 2.13. The van der Waals surface area contributed by atoms with E-state index >= 15 is 0 Å². The first kappa shape index (κ1) is 4.93. The Kier molecular flexibility index (Phi) is 0.989. The molecule has 0 unspecified atom stereocenters. The first-order valence-electron chi connectivity index (χ1n) is 2.90. The van der Waals surface area contributed by atoms with Gasteiger partial charge in [0.1, 0.15) is 6.04 Å².